The SMILES string of the molecule is Cc1ccc(-c2cnc(CCC(=O)OCC(=O)Nc3c(C)nn(-c4ccc(C)cc4)c3C)o2)cc1. The maximum absolute atomic E-state index is 12.4. The Balaban J connectivity index is 1.27. The number of carbonyl (C=O) groups is 2. The molecular formula is C27H28N4O4. The largest absolute Gasteiger partial charge is 0.456 e. The van der Waals surface area contributed by atoms with Crippen molar-refractivity contribution in [1.29, 1.82) is 0 Å². The number of carbonyl (C=O) groups excluding carboxylic acids is 2. The van der Waals surface area contributed by atoms with E-state index in [1.807, 2.05) is 76.2 Å². The van der Waals surface area contributed by atoms with Crippen molar-refractivity contribution >= 4 is 17.6 Å². The molecule has 0 atom stereocenters. The maximum atomic E-state index is 12.4. The molecule has 0 radical (unpaired) electrons. The Labute approximate surface area is 203 Å². The zero-order valence-electron chi connectivity index (χ0n) is 20.3. The van der Waals surface area contributed by atoms with E-state index in [0.717, 1.165) is 28.1 Å². The van der Waals surface area contributed by atoms with Crippen LogP contribution in [-0.2, 0) is 20.7 Å². The molecule has 1 amide bonds. The summed E-state index contributed by atoms with van der Waals surface area (Å²) >= 11 is 0. The third-order valence-electron chi connectivity index (χ3n) is 5.63. The molecule has 2 aromatic heterocycles. The number of anilines is 1. The summed E-state index contributed by atoms with van der Waals surface area (Å²) in [5.41, 5.74) is 6.21. The molecule has 0 unspecified atom stereocenters. The van der Waals surface area contributed by atoms with Crippen LogP contribution in [0.15, 0.2) is 59.1 Å². The molecule has 4 aromatic rings. The van der Waals surface area contributed by atoms with Crippen LogP contribution in [0.4, 0.5) is 5.69 Å². The monoisotopic (exact) mass is 472 g/mol. The molecule has 0 aliphatic heterocycles. The van der Waals surface area contributed by atoms with Crippen molar-refractivity contribution < 1.29 is 18.7 Å². The fourth-order valence-corrected chi connectivity index (χ4v) is 3.64. The molecule has 180 valence electrons. The van der Waals surface area contributed by atoms with Gasteiger partial charge in [0.2, 0.25) is 0 Å². The number of hydrogen-bond donors (Lipinski definition) is 1. The summed E-state index contributed by atoms with van der Waals surface area (Å²) in [4.78, 5) is 28.8. The van der Waals surface area contributed by atoms with E-state index in [-0.39, 0.29) is 19.4 Å². The molecule has 1 N–H and O–H groups in total. The van der Waals surface area contributed by atoms with Crippen molar-refractivity contribution in [2.45, 2.75) is 40.5 Å². The van der Waals surface area contributed by atoms with Gasteiger partial charge in [0.05, 0.1) is 35.4 Å². The van der Waals surface area contributed by atoms with E-state index in [2.05, 4.69) is 15.4 Å². The van der Waals surface area contributed by atoms with Crippen molar-refractivity contribution in [1.82, 2.24) is 14.8 Å². The van der Waals surface area contributed by atoms with Gasteiger partial charge in [-0.1, -0.05) is 47.5 Å². The first-order chi connectivity index (χ1) is 16.8. The van der Waals surface area contributed by atoms with Gasteiger partial charge in [-0.15, -0.1) is 0 Å². The highest BCUT2D eigenvalue weighted by Crippen LogP contribution is 2.23. The van der Waals surface area contributed by atoms with Crippen LogP contribution in [0, 0.1) is 27.7 Å². The number of ether oxygens (including phenoxy) is 1. The highest BCUT2D eigenvalue weighted by Gasteiger charge is 2.17. The first-order valence-electron chi connectivity index (χ1n) is 11.4. The maximum Gasteiger partial charge on any atom is 0.306 e. The molecule has 35 heavy (non-hydrogen) atoms. The topological polar surface area (TPSA) is 99.2 Å². The Bertz CT molecular complexity index is 1330. The zero-order valence-corrected chi connectivity index (χ0v) is 20.3. The van der Waals surface area contributed by atoms with Crippen LogP contribution >= 0.6 is 0 Å². The summed E-state index contributed by atoms with van der Waals surface area (Å²) in [5, 5.41) is 7.33. The number of aromatic nitrogens is 3. The fourth-order valence-electron chi connectivity index (χ4n) is 3.64. The third kappa shape index (κ3) is 5.84. The van der Waals surface area contributed by atoms with Gasteiger partial charge in [0.1, 0.15) is 0 Å². The molecule has 0 aliphatic carbocycles. The molecule has 0 saturated heterocycles. The van der Waals surface area contributed by atoms with Crippen LogP contribution in [0.2, 0.25) is 0 Å². The van der Waals surface area contributed by atoms with Gasteiger partial charge in [-0.05, 0) is 39.8 Å². The molecule has 8 heteroatoms. The number of nitrogens with zero attached hydrogens (tertiary/aromatic N) is 3. The van der Waals surface area contributed by atoms with Crippen molar-refractivity contribution in [2.24, 2.45) is 0 Å². The van der Waals surface area contributed by atoms with Gasteiger partial charge in [0.15, 0.2) is 18.3 Å². The highest BCUT2D eigenvalue weighted by molar-refractivity contribution is 5.94. The molecule has 8 nitrogen and oxygen atoms in total. The van der Waals surface area contributed by atoms with Crippen molar-refractivity contribution in [3.8, 4) is 17.0 Å². The minimum atomic E-state index is -0.501. The summed E-state index contributed by atoms with van der Waals surface area (Å²) in [6.07, 6.45) is 1.98. The number of nitrogens with one attached hydrogen (secondary N) is 1. The fraction of sp³-hybridized carbons (Fsp3) is 0.259. The second kappa shape index (κ2) is 10.4. The van der Waals surface area contributed by atoms with E-state index in [4.69, 9.17) is 9.15 Å². The molecule has 0 aliphatic rings. The number of rotatable bonds is 8. The normalized spacial score (nSPS) is 10.9. The lowest BCUT2D eigenvalue weighted by atomic mass is 10.1. The van der Waals surface area contributed by atoms with E-state index in [1.54, 1.807) is 10.9 Å². The number of amides is 1. The quantitative estimate of drug-likeness (QED) is 0.367. The number of aryl methyl sites for hydroxylation is 4. The van der Waals surface area contributed by atoms with Gasteiger partial charge >= 0.3 is 5.97 Å². The molecule has 2 heterocycles. The van der Waals surface area contributed by atoms with Crippen LogP contribution in [0.3, 0.4) is 0 Å². The number of benzene rings is 2. The minimum absolute atomic E-state index is 0.0601. The van der Waals surface area contributed by atoms with Crippen LogP contribution < -0.4 is 5.32 Å². The minimum Gasteiger partial charge on any atom is -0.456 e. The van der Waals surface area contributed by atoms with E-state index in [0.29, 0.717) is 23.0 Å². The Morgan fingerprint density at radius 2 is 1.63 bits per heavy atom. The van der Waals surface area contributed by atoms with Gasteiger partial charge < -0.3 is 14.5 Å². The summed E-state index contributed by atoms with van der Waals surface area (Å²) in [7, 11) is 0. The molecular weight excluding hydrogens is 444 g/mol. The molecule has 0 saturated carbocycles. The summed E-state index contributed by atoms with van der Waals surface area (Å²) < 4.78 is 12.6. The number of esters is 1. The van der Waals surface area contributed by atoms with Crippen molar-refractivity contribution in [3.05, 3.63) is 83.1 Å². The van der Waals surface area contributed by atoms with Gasteiger partial charge in [0.25, 0.3) is 5.91 Å². The zero-order chi connectivity index (χ0) is 24.9. The number of oxazole rings is 1. The standard InChI is InChI=1S/C27H28N4O4/c1-17-5-9-21(10-6-17)23-15-28-25(35-23)13-14-26(33)34-16-24(32)29-27-19(3)30-31(20(27)4)22-11-7-18(2)8-12-22/h5-12,15H,13-14,16H2,1-4H3,(H,29,32). The average molecular weight is 473 g/mol. The van der Waals surface area contributed by atoms with Crippen LogP contribution in [0.1, 0.15) is 34.8 Å². The lowest BCUT2D eigenvalue weighted by Crippen LogP contribution is -2.21. The molecule has 0 spiro atoms. The Hall–Kier alpha value is -4.20. The average Bonchev–Trinajstić information content (AvgIpc) is 3.43. The Kier molecular flexibility index (Phi) is 7.10. The predicted octanol–water partition coefficient (Wildman–Crippen LogP) is 4.88. The van der Waals surface area contributed by atoms with Gasteiger partial charge in [-0.2, -0.15) is 5.10 Å². The smallest absolute Gasteiger partial charge is 0.306 e. The van der Waals surface area contributed by atoms with Crippen molar-refractivity contribution in [3.63, 3.8) is 0 Å². The van der Waals surface area contributed by atoms with Crippen LogP contribution in [-0.4, -0.2) is 33.2 Å². The van der Waals surface area contributed by atoms with Gasteiger partial charge in [-0.3, -0.25) is 9.59 Å². The second-order valence-electron chi connectivity index (χ2n) is 8.49. The van der Waals surface area contributed by atoms with E-state index < -0.39 is 11.9 Å². The predicted molar refractivity (Wildman–Crippen MR) is 132 cm³/mol. The summed E-state index contributed by atoms with van der Waals surface area (Å²) in [5.74, 6) is 0.159. The molecule has 2 aromatic carbocycles. The van der Waals surface area contributed by atoms with E-state index in [9.17, 15) is 9.59 Å². The molecule has 0 bridgehead atoms. The van der Waals surface area contributed by atoms with Crippen molar-refractivity contribution in [2.75, 3.05) is 11.9 Å². The highest BCUT2D eigenvalue weighted by atomic mass is 16.5. The Morgan fingerprint density at radius 1 is 0.971 bits per heavy atom. The lowest BCUT2D eigenvalue weighted by molar-refractivity contribution is -0.147. The van der Waals surface area contributed by atoms with Crippen LogP contribution in [0.25, 0.3) is 17.0 Å². The van der Waals surface area contributed by atoms with Gasteiger partial charge in [0, 0.05) is 12.0 Å². The third-order valence-corrected chi connectivity index (χ3v) is 5.63. The molecule has 4 rings (SSSR count). The van der Waals surface area contributed by atoms with E-state index >= 15 is 0 Å². The van der Waals surface area contributed by atoms with Gasteiger partial charge in [-0.25, -0.2) is 9.67 Å². The Morgan fingerprint density at radius 3 is 2.31 bits per heavy atom. The molecule has 0 fully saturated rings. The number of hydrogen-bond acceptors (Lipinski definition) is 6. The second-order valence-corrected chi connectivity index (χ2v) is 8.49. The first-order valence-corrected chi connectivity index (χ1v) is 11.4. The van der Waals surface area contributed by atoms with E-state index in [1.165, 1.54) is 0 Å². The van der Waals surface area contributed by atoms with Crippen LogP contribution in [0.5, 0.6) is 0 Å². The first kappa shape index (κ1) is 23.9. The summed E-state index contributed by atoms with van der Waals surface area (Å²) in [6.45, 7) is 7.35. The lowest BCUT2D eigenvalue weighted by Gasteiger charge is -2.08. The summed E-state index contributed by atoms with van der Waals surface area (Å²) in [6, 6.07) is 15.9.